The fourth-order valence-corrected chi connectivity index (χ4v) is 2.63. The van der Waals surface area contributed by atoms with Gasteiger partial charge in [0.25, 0.3) is 0 Å². The van der Waals surface area contributed by atoms with Crippen molar-refractivity contribution in [1.29, 1.82) is 0 Å². The molecule has 1 fully saturated rings. The largest absolute Gasteiger partial charge is 0.478 e. The minimum absolute atomic E-state index is 0.342. The summed E-state index contributed by atoms with van der Waals surface area (Å²) in [5.41, 5.74) is 1.42. The van der Waals surface area contributed by atoms with Crippen LogP contribution in [0, 0.1) is 5.92 Å². The summed E-state index contributed by atoms with van der Waals surface area (Å²) in [4.78, 5) is 15.4. The Hall–Kier alpha value is -1.55. The lowest BCUT2D eigenvalue weighted by molar-refractivity contribution is 0.0697. The molecule has 1 saturated heterocycles. The summed E-state index contributed by atoms with van der Waals surface area (Å²) in [6.45, 7) is 3.43. The Morgan fingerprint density at radius 1 is 1.42 bits per heavy atom. The summed E-state index contributed by atoms with van der Waals surface area (Å²) in [6.07, 6.45) is 2.49. The van der Waals surface area contributed by atoms with Gasteiger partial charge in [-0.2, -0.15) is 0 Å². The van der Waals surface area contributed by atoms with E-state index in [2.05, 4.69) is 23.9 Å². The van der Waals surface area contributed by atoms with E-state index in [0.29, 0.717) is 5.56 Å². The molecular formula is C15H22N2O2. The van der Waals surface area contributed by atoms with Crippen molar-refractivity contribution < 1.29 is 9.90 Å². The maximum absolute atomic E-state index is 10.8. The van der Waals surface area contributed by atoms with Crippen LogP contribution in [0.2, 0.25) is 0 Å². The second-order valence-electron chi connectivity index (χ2n) is 5.48. The Morgan fingerprint density at radius 3 is 2.63 bits per heavy atom. The molecule has 0 spiro atoms. The normalized spacial score (nSPS) is 19.6. The number of rotatable bonds is 5. The molecule has 1 unspecified atom stereocenters. The molecule has 1 heterocycles. The molecule has 0 amide bonds. The number of likely N-dealkylation sites (tertiary alicyclic amines) is 1. The van der Waals surface area contributed by atoms with Crippen molar-refractivity contribution in [2.24, 2.45) is 5.92 Å². The molecule has 0 aromatic heterocycles. The number of aromatic carboxylic acids is 1. The molecule has 0 bridgehead atoms. The fraction of sp³-hybridized carbons (Fsp3) is 0.533. The number of anilines is 1. The highest BCUT2D eigenvalue weighted by Gasteiger charge is 2.19. The molecule has 2 rings (SSSR count). The molecule has 1 aliphatic rings. The van der Waals surface area contributed by atoms with E-state index >= 15 is 0 Å². The highest BCUT2D eigenvalue weighted by Crippen LogP contribution is 2.20. The number of carbonyl (C=O) groups is 1. The van der Waals surface area contributed by atoms with E-state index in [1.54, 1.807) is 12.1 Å². The average Bonchev–Trinajstić information content (AvgIpc) is 2.82. The van der Waals surface area contributed by atoms with Crippen LogP contribution in [-0.2, 0) is 0 Å². The summed E-state index contributed by atoms with van der Waals surface area (Å²) in [7, 11) is 4.24. The lowest BCUT2D eigenvalue weighted by atomic mass is 10.0. The Bertz CT molecular complexity index is 430. The second kappa shape index (κ2) is 6.06. The van der Waals surface area contributed by atoms with Crippen molar-refractivity contribution in [1.82, 2.24) is 4.90 Å². The van der Waals surface area contributed by atoms with Crippen molar-refractivity contribution in [3.63, 3.8) is 0 Å². The molecule has 4 nitrogen and oxygen atoms in total. The zero-order valence-corrected chi connectivity index (χ0v) is 11.7. The van der Waals surface area contributed by atoms with Crippen molar-refractivity contribution >= 4 is 11.7 Å². The molecule has 4 heteroatoms. The maximum atomic E-state index is 10.8. The van der Waals surface area contributed by atoms with E-state index in [1.807, 2.05) is 12.1 Å². The van der Waals surface area contributed by atoms with Crippen molar-refractivity contribution in [2.75, 3.05) is 38.6 Å². The summed E-state index contributed by atoms with van der Waals surface area (Å²) in [5.74, 6) is -0.0751. The van der Waals surface area contributed by atoms with Gasteiger partial charge in [-0.1, -0.05) is 0 Å². The van der Waals surface area contributed by atoms with Gasteiger partial charge < -0.3 is 14.9 Å². The first kappa shape index (κ1) is 13.9. The zero-order valence-electron chi connectivity index (χ0n) is 11.7. The second-order valence-corrected chi connectivity index (χ2v) is 5.48. The quantitative estimate of drug-likeness (QED) is 0.883. The molecule has 1 aromatic rings. The minimum atomic E-state index is -0.872. The molecule has 0 aliphatic carbocycles. The third kappa shape index (κ3) is 3.70. The first-order valence-electron chi connectivity index (χ1n) is 6.79. The highest BCUT2D eigenvalue weighted by atomic mass is 16.4. The molecule has 1 N–H and O–H groups in total. The zero-order chi connectivity index (χ0) is 13.8. The number of hydrogen-bond acceptors (Lipinski definition) is 3. The molecular weight excluding hydrogens is 240 g/mol. The minimum Gasteiger partial charge on any atom is -0.478 e. The van der Waals surface area contributed by atoms with Crippen LogP contribution in [0.3, 0.4) is 0 Å². The number of carboxylic acid groups (broad SMARTS) is 1. The number of benzene rings is 1. The lowest BCUT2D eigenvalue weighted by Crippen LogP contribution is -2.22. The van der Waals surface area contributed by atoms with Crippen molar-refractivity contribution in [3.8, 4) is 0 Å². The molecule has 104 valence electrons. The van der Waals surface area contributed by atoms with Crippen LogP contribution >= 0.6 is 0 Å². The van der Waals surface area contributed by atoms with Gasteiger partial charge in [0.2, 0.25) is 0 Å². The van der Waals surface area contributed by atoms with Gasteiger partial charge >= 0.3 is 5.97 Å². The Kier molecular flexibility index (Phi) is 4.43. The number of carboxylic acids is 1. The molecule has 19 heavy (non-hydrogen) atoms. The topological polar surface area (TPSA) is 43.8 Å². The van der Waals surface area contributed by atoms with E-state index in [4.69, 9.17) is 5.11 Å². The van der Waals surface area contributed by atoms with E-state index in [1.165, 1.54) is 25.9 Å². The van der Waals surface area contributed by atoms with Crippen LogP contribution in [0.4, 0.5) is 5.69 Å². The van der Waals surface area contributed by atoms with Gasteiger partial charge in [0, 0.05) is 25.8 Å². The predicted octanol–water partition coefficient (Wildman–Crippen LogP) is 2.16. The summed E-state index contributed by atoms with van der Waals surface area (Å²) in [5, 5.41) is 8.87. The van der Waals surface area contributed by atoms with Gasteiger partial charge in [0.1, 0.15) is 0 Å². The molecule has 1 atom stereocenters. The fourth-order valence-electron chi connectivity index (χ4n) is 2.63. The first-order chi connectivity index (χ1) is 9.06. The van der Waals surface area contributed by atoms with Gasteiger partial charge in [0.05, 0.1) is 5.56 Å². The summed E-state index contributed by atoms with van der Waals surface area (Å²) >= 11 is 0. The standard InChI is InChI=1S/C15H22N2O2/c1-16-9-7-12(11-16)8-10-17(2)14-5-3-13(4-6-14)15(18)19/h3-6,12H,7-11H2,1-2H3,(H,18,19). The van der Waals surface area contributed by atoms with E-state index < -0.39 is 5.97 Å². The van der Waals surface area contributed by atoms with Gasteiger partial charge in [-0.15, -0.1) is 0 Å². The first-order valence-corrected chi connectivity index (χ1v) is 6.79. The van der Waals surface area contributed by atoms with Gasteiger partial charge in [-0.3, -0.25) is 0 Å². The monoisotopic (exact) mass is 262 g/mol. The average molecular weight is 262 g/mol. The summed E-state index contributed by atoms with van der Waals surface area (Å²) in [6, 6.07) is 7.09. The van der Waals surface area contributed by atoms with E-state index in [9.17, 15) is 4.79 Å². The maximum Gasteiger partial charge on any atom is 0.335 e. The Labute approximate surface area is 114 Å². The molecule has 1 aliphatic heterocycles. The van der Waals surface area contributed by atoms with Crippen LogP contribution in [0.25, 0.3) is 0 Å². The number of hydrogen-bond donors (Lipinski definition) is 1. The Balaban J connectivity index is 1.85. The SMILES string of the molecule is CN1CCC(CCN(C)c2ccc(C(=O)O)cc2)C1. The van der Waals surface area contributed by atoms with Gasteiger partial charge in [-0.25, -0.2) is 4.79 Å². The van der Waals surface area contributed by atoms with Gasteiger partial charge in [-0.05, 0) is 56.6 Å². The number of nitrogens with zero attached hydrogens (tertiary/aromatic N) is 2. The third-order valence-electron chi connectivity index (χ3n) is 3.92. The third-order valence-corrected chi connectivity index (χ3v) is 3.92. The van der Waals surface area contributed by atoms with Crippen LogP contribution in [0.5, 0.6) is 0 Å². The predicted molar refractivity (Wildman–Crippen MR) is 76.9 cm³/mol. The van der Waals surface area contributed by atoms with E-state index in [0.717, 1.165) is 18.2 Å². The van der Waals surface area contributed by atoms with E-state index in [-0.39, 0.29) is 0 Å². The molecule has 0 saturated carbocycles. The van der Waals surface area contributed by atoms with Crippen LogP contribution < -0.4 is 4.90 Å². The van der Waals surface area contributed by atoms with Gasteiger partial charge in [0.15, 0.2) is 0 Å². The van der Waals surface area contributed by atoms with Crippen LogP contribution in [-0.4, -0.2) is 49.7 Å². The van der Waals surface area contributed by atoms with Crippen LogP contribution in [0.1, 0.15) is 23.2 Å². The molecule has 0 radical (unpaired) electrons. The smallest absolute Gasteiger partial charge is 0.335 e. The molecule has 1 aromatic carbocycles. The summed E-state index contributed by atoms with van der Waals surface area (Å²) < 4.78 is 0. The Morgan fingerprint density at radius 2 is 2.11 bits per heavy atom. The highest BCUT2D eigenvalue weighted by molar-refractivity contribution is 5.88. The van der Waals surface area contributed by atoms with Crippen LogP contribution in [0.15, 0.2) is 24.3 Å². The van der Waals surface area contributed by atoms with Crippen molar-refractivity contribution in [2.45, 2.75) is 12.8 Å². The van der Waals surface area contributed by atoms with Crippen molar-refractivity contribution in [3.05, 3.63) is 29.8 Å². The lowest BCUT2D eigenvalue weighted by Gasteiger charge is -2.21.